The summed E-state index contributed by atoms with van der Waals surface area (Å²) in [5.41, 5.74) is 1.96. The molecule has 1 N–H and O–H groups in total. The van der Waals surface area contributed by atoms with Gasteiger partial charge in [-0.2, -0.15) is 11.8 Å². The largest absolute Gasteiger partial charge is 0.352 e. The van der Waals surface area contributed by atoms with Crippen molar-refractivity contribution in [2.45, 2.75) is 38.3 Å². The summed E-state index contributed by atoms with van der Waals surface area (Å²) < 4.78 is 0. The Morgan fingerprint density at radius 1 is 0.966 bits per heavy atom. The van der Waals surface area contributed by atoms with Gasteiger partial charge in [-0.05, 0) is 55.9 Å². The molecule has 0 bridgehead atoms. The van der Waals surface area contributed by atoms with E-state index in [0.717, 1.165) is 17.7 Å². The van der Waals surface area contributed by atoms with Crippen molar-refractivity contribution in [3.63, 3.8) is 0 Å². The second-order valence-corrected chi connectivity index (χ2v) is 8.24. The van der Waals surface area contributed by atoms with E-state index < -0.39 is 6.04 Å². The van der Waals surface area contributed by atoms with Crippen LogP contribution in [0.5, 0.6) is 0 Å². The average Bonchev–Trinajstić information content (AvgIpc) is 2.99. The maximum atomic E-state index is 13.0. The highest BCUT2D eigenvalue weighted by molar-refractivity contribution is 7.98. The molecular weight excluding hydrogens is 384 g/mol. The average molecular weight is 411 g/mol. The summed E-state index contributed by atoms with van der Waals surface area (Å²) in [5.74, 6) is -0.356. The number of carbonyl (C=O) groups is 3. The van der Waals surface area contributed by atoms with E-state index >= 15 is 0 Å². The van der Waals surface area contributed by atoms with E-state index in [2.05, 4.69) is 17.4 Å². The number of nitrogens with one attached hydrogen (secondary N) is 1. The molecule has 0 saturated heterocycles. The summed E-state index contributed by atoms with van der Waals surface area (Å²) in [4.78, 5) is 39.8. The number of carbonyl (C=O) groups excluding carboxylic acids is 3. The predicted molar refractivity (Wildman–Crippen MR) is 116 cm³/mol. The Morgan fingerprint density at radius 3 is 2.14 bits per heavy atom. The standard InChI is InChI=1S/C23H26N2O3S/c1-16(12-13-17-8-4-3-5-9-17)24-21(26)20(14-15-29-2)25-22(27)18-10-6-7-11-19(18)23(25)28/h3-11,16,20H,12-15H2,1-2H3,(H,24,26). The fourth-order valence-corrected chi connectivity index (χ4v) is 4.00. The zero-order valence-corrected chi connectivity index (χ0v) is 17.6. The van der Waals surface area contributed by atoms with Gasteiger partial charge in [0.25, 0.3) is 11.8 Å². The predicted octanol–water partition coefficient (Wildman–Crippen LogP) is 3.54. The number of rotatable bonds is 9. The molecule has 0 spiro atoms. The molecule has 1 aliphatic rings. The van der Waals surface area contributed by atoms with Gasteiger partial charge in [0.05, 0.1) is 11.1 Å². The lowest BCUT2D eigenvalue weighted by atomic mass is 10.1. The van der Waals surface area contributed by atoms with Gasteiger partial charge in [0.15, 0.2) is 0 Å². The van der Waals surface area contributed by atoms with E-state index in [0.29, 0.717) is 23.3 Å². The van der Waals surface area contributed by atoms with Crippen LogP contribution in [0.3, 0.4) is 0 Å². The molecule has 3 amide bonds. The van der Waals surface area contributed by atoms with Crippen LogP contribution in [0, 0.1) is 0 Å². The normalized spacial score (nSPS) is 15.2. The zero-order chi connectivity index (χ0) is 20.8. The quantitative estimate of drug-likeness (QED) is 0.642. The Labute approximate surface area is 175 Å². The molecule has 2 atom stereocenters. The highest BCUT2D eigenvalue weighted by atomic mass is 32.2. The molecule has 2 unspecified atom stereocenters. The van der Waals surface area contributed by atoms with Gasteiger partial charge in [0, 0.05) is 6.04 Å². The lowest BCUT2D eigenvalue weighted by molar-refractivity contribution is -0.125. The number of hydrogen-bond acceptors (Lipinski definition) is 4. The van der Waals surface area contributed by atoms with E-state index in [1.54, 1.807) is 36.0 Å². The van der Waals surface area contributed by atoms with Crippen molar-refractivity contribution in [1.82, 2.24) is 10.2 Å². The fraction of sp³-hybridized carbons (Fsp3) is 0.348. The Balaban J connectivity index is 1.69. The van der Waals surface area contributed by atoms with Gasteiger partial charge < -0.3 is 5.32 Å². The van der Waals surface area contributed by atoms with Crippen LogP contribution in [-0.2, 0) is 11.2 Å². The lowest BCUT2D eigenvalue weighted by Gasteiger charge is -2.27. The Hall–Kier alpha value is -2.60. The number of nitrogens with zero attached hydrogens (tertiary/aromatic N) is 1. The lowest BCUT2D eigenvalue weighted by Crippen LogP contribution is -2.51. The Kier molecular flexibility index (Phi) is 7.09. The van der Waals surface area contributed by atoms with Crippen LogP contribution in [0.25, 0.3) is 0 Å². The zero-order valence-electron chi connectivity index (χ0n) is 16.8. The van der Waals surface area contributed by atoms with Gasteiger partial charge in [0.1, 0.15) is 6.04 Å². The van der Waals surface area contributed by atoms with Gasteiger partial charge >= 0.3 is 0 Å². The maximum Gasteiger partial charge on any atom is 0.262 e. The second-order valence-electron chi connectivity index (χ2n) is 7.26. The van der Waals surface area contributed by atoms with Gasteiger partial charge in [-0.15, -0.1) is 0 Å². The van der Waals surface area contributed by atoms with Gasteiger partial charge in [-0.25, -0.2) is 0 Å². The first-order valence-corrected chi connectivity index (χ1v) is 11.2. The van der Waals surface area contributed by atoms with Crippen LogP contribution in [0.2, 0.25) is 0 Å². The molecule has 0 aliphatic carbocycles. The number of imide groups is 1. The highest BCUT2D eigenvalue weighted by Crippen LogP contribution is 2.26. The molecule has 6 heteroatoms. The van der Waals surface area contributed by atoms with Crippen molar-refractivity contribution in [3.8, 4) is 0 Å². The van der Waals surface area contributed by atoms with Gasteiger partial charge in [0.2, 0.25) is 5.91 Å². The summed E-state index contributed by atoms with van der Waals surface area (Å²) in [6.07, 6.45) is 4.02. The molecule has 5 nitrogen and oxygen atoms in total. The van der Waals surface area contributed by atoms with Crippen LogP contribution in [0.15, 0.2) is 54.6 Å². The number of benzene rings is 2. The summed E-state index contributed by atoms with van der Waals surface area (Å²) in [6.45, 7) is 1.95. The summed E-state index contributed by atoms with van der Waals surface area (Å²) >= 11 is 1.59. The molecule has 0 fully saturated rings. The topological polar surface area (TPSA) is 66.5 Å². The molecule has 1 aliphatic heterocycles. The number of hydrogen-bond donors (Lipinski definition) is 1. The number of aryl methyl sites for hydroxylation is 1. The number of fused-ring (bicyclic) bond motifs is 1. The van der Waals surface area contributed by atoms with Crippen LogP contribution in [0.1, 0.15) is 46.0 Å². The third-order valence-corrected chi connectivity index (χ3v) is 5.78. The SMILES string of the molecule is CSCCC(C(=O)NC(C)CCc1ccccc1)N1C(=O)c2ccccc2C1=O. The van der Waals surface area contributed by atoms with Crippen molar-refractivity contribution in [3.05, 3.63) is 71.3 Å². The van der Waals surface area contributed by atoms with E-state index in [4.69, 9.17) is 0 Å². The van der Waals surface area contributed by atoms with E-state index in [1.165, 1.54) is 5.56 Å². The first kappa shape index (κ1) is 21.1. The van der Waals surface area contributed by atoms with E-state index in [9.17, 15) is 14.4 Å². The molecule has 2 aromatic carbocycles. The maximum absolute atomic E-state index is 13.0. The van der Waals surface area contributed by atoms with Gasteiger partial charge in [-0.1, -0.05) is 42.5 Å². The molecular formula is C23H26N2O3S. The fourth-order valence-electron chi connectivity index (χ4n) is 3.54. The Morgan fingerprint density at radius 2 is 1.55 bits per heavy atom. The molecule has 1 heterocycles. The third kappa shape index (κ3) is 4.88. The third-order valence-electron chi connectivity index (χ3n) is 5.13. The molecule has 0 radical (unpaired) electrons. The number of thioether (sulfide) groups is 1. The first-order chi connectivity index (χ1) is 14.0. The minimum Gasteiger partial charge on any atom is -0.352 e. The minimum atomic E-state index is -0.797. The smallest absolute Gasteiger partial charge is 0.262 e. The Bertz CT molecular complexity index is 850. The monoisotopic (exact) mass is 410 g/mol. The molecule has 0 aromatic heterocycles. The summed E-state index contributed by atoms with van der Waals surface area (Å²) in [7, 11) is 0. The molecule has 29 heavy (non-hydrogen) atoms. The molecule has 2 aromatic rings. The van der Waals surface area contributed by atoms with E-state index in [1.807, 2.05) is 31.4 Å². The first-order valence-electron chi connectivity index (χ1n) is 9.83. The summed E-state index contributed by atoms with van der Waals surface area (Å²) in [5, 5.41) is 3.01. The summed E-state index contributed by atoms with van der Waals surface area (Å²) in [6, 6.07) is 16.0. The van der Waals surface area contributed by atoms with Crippen molar-refractivity contribution in [1.29, 1.82) is 0 Å². The van der Waals surface area contributed by atoms with E-state index in [-0.39, 0.29) is 23.8 Å². The van der Waals surface area contributed by atoms with Crippen molar-refractivity contribution in [2.24, 2.45) is 0 Å². The second kappa shape index (κ2) is 9.74. The van der Waals surface area contributed by atoms with Crippen molar-refractivity contribution >= 4 is 29.5 Å². The molecule has 3 rings (SSSR count). The molecule has 0 saturated carbocycles. The number of amides is 3. The van der Waals surface area contributed by atoms with Crippen LogP contribution in [0.4, 0.5) is 0 Å². The van der Waals surface area contributed by atoms with Gasteiger partial charge in [-0.3, -0.25) is 19.3 Å². The van der Waals surface area contributed by atoms with Crippen molar-refractivity contribution in [2.75, 3.05) is 12.0 Å². The van der Waals surface area contributed by atoms with Crippen molar-refractivity contribution < 1.29 is 14.4 Å². The van der Waals surface area contributed by atoms with Crippen LogP contribution < -0.4 is 5.32 Å². The minimum absolute atomic E-state index is 0.0605. The molecule has 152 valence electrons. The van der Waals surface area contributed by atoms with Crippen LogP contribution >= 0.6 is 11.8 Å². The highest BCUT2D eigenvalue weighted by Gasteiger charge is 2.42. The van der Waals surface area contributed by atoms with Crippen LogP contribution in [-0.4, -0.2) is 46.7 Å².